The summed E-state index contributed by atoms with van der Waals surface area (Å²) in [6, 6.07) is 5.91. The van der Waals surface area contributed by atoms with E-state index in [1.807, 2.05) is 39.0 Å². The standard InChI is InChI=1S/C13H16N4O/c1-8-5-4-6-11(9(8)2)18-13-10(3)12(17-14)15-7-16-13/h4-7H,14H2,1-3H3,(H,15,16,17). The predicted octanol–water partition coefficient (Wildman–Crippen LogP) is 2.48. The monoisotopic (exact) mass is 244 g/mol. The van der Waals surface area contributed by atoms with Gasteiger partial charge in [0.05, 0.1) is 5.56 Å². The second-order valence-corrected chi connectivity index (χ2v) is 4.10. The zero-order valence-corrected chi connectivity index (χ0v) is 10.7. The molecular formula is C13H16N4O. The lowest BCUT2D eigenvalue weighted by Gasteiger charge is -2.12. The van der Waals surface area contributed by atoms with Crippen LogP contribution in [0, 0.1) is 20.8 Å². The Bertz CT molecular complexity index is 569. The zero-order valence-electron chi connectivity index (χ0n) is 10.7. The highest BCUT2D eigenvalue weighted by molar-refractivity contribution is 5.49. The van der Waals surface area contributed by atoms with Crippen LogP contribution in [0.4, 0.5) is 5.82 Å². The largest absolute Gasteiger partial charge is 0.438 e. The van der Waals surface area contributed by atoms with Gasteiger partial charge in [0.25, 0.3) is 0 Å². The Morgan fingerprint density at radius 2 is 1.89 bits per heavy atom. The van der Waals surface area contributed by atoms with Crippen LogP contribution in [0.25, 0.3) is 0 Å². The van der Waals surface area contributed by atoms with Crippen LogP contribution < -0.4 is 16.0 Å². The fourth-order valence-corrected chi connectivity index (χ4v) is 1.62. The minimum Gasteiger partial charge on any atom is -0.438 e. The van der Waals surface area contributed by atoms with Gasteiger partial charge in [-0.05, 0) is 38.0 Å². The highest BCUT2D eigenvalue weighted by Crippen LogP contribution is 2.29. The number of nitrogens with one attached hydrogen (secondary N) is 1. The van der Waals surface area contributed by atoms with Crippen molar-refractivity contribution in [1.29, 1.82) is 0 Å². The van der Waals surface area contributed by atoms with Crippen LogP contribution in [0.2, 0.25) is 0 Å². The maximum absolute atomic E-state index is 5.82. The van der Waals surface area contributed by atoms with Gasteiger partial charge >= 0.3 is 0 Å². The molecule has 0 aliphatic heterocycles. The van der Waals surface area contributed by atoms with Crippen molar-refractivity contribution in [3.05, 3.63) is 41.2 Å². The molecule has 0 saturated heterocycles. The maximum atomic E-state index is 5.82. The first-order chi connectivity index (χ1) is 8.63. The lowest BCUT2D eigenvalue weighted by Crippen LogP contribution is -2.11. The number of rotatable bonds is 3. The zero-order chi connectivity index (χ0) is 13.1. The minimum atomic E-state index is 0.506. The Labute approximate surface area is 106 Å². The summed E-state index contributed by atoms with van der Waals surface area (Å²) in [7, 11) is 0. The summed E-state index contributed by atoms with van der Waals surface area (Å²) in [5, 5.41) is 0. The van der Waals surface area contributed by atoms with Gasteiger partial charge in [0.15, 0.2) is 0 Å². The average molecular weight is 244 g/mol. The topological polar surface area (TPSA) is 73.1 Å². The lowest BCUT2D eigenvalue weighted by molar-refractivity contribution is 0.454. The minimum absolute atomic E-state index is 0.506. The molecule has 1 heterocycles. The third-order valence-electron chi connectivity index (χ3n) is 2.94. The molecule has 0 fully saturated rings. The maximum Gasteiger partial charge on any atom is 0.227 e. The van der Waals surface area contributed by atoms with Crippen molar-refractivity contribution in [3.63, 3.8) is 0 Å². The predicted molar refractivity (Wildman–Crippen MR) is 70.6 cm³/mol. The third kappa shape index (κ3) is 2.26. The van der Waals surface area contributed by atoms with E-state index >= 15 is 0 Å². The van der Waals surface area contributed by atoms with E-state index < -0.39 is 0 Å². The van der Waals surface area contributed by atoms with E-state index in [0.29, 0.717) is 11.7 Å². The molecule has 0 bridgehead atoms. The van der Waals surface area contributed by atoms with E-state index in [1.54, 1.807) is 0 Å². The van der Waals surface area contributed by atoms with Crippen LogP contribution in [-0.2, 0) is 0 Å². The summed E-state index contributed by atoms with van der Waals surface area (Å²) in [6.45, 7) is 5.92. The highest BCUT2D eigenvalue weighted by atomic mass is 16.5. The number of hydrazine groups is 1. The number of aryl methyl sites for hydroxylation is 1. The van der Waals surface area contributed by atoms with E-state index in [4.69, 9.17) is 10.6 Å². The molecule has 5 heteroatoms. The van der Waals surface area contributed by atoms with E-state index in [1.165, 1.54) is 11.9 Å². The first kappa shape index (κ1) is 12.3. The smallest absolute Gasteiger partial charge is 0.227 e. The summed E-state index contributed by atoms with van der Waals surface area (Å²) in [6.07, 6.45) is 1.42. The molecule has 0 radical (unpaired) electrons. The number of ether oxygens (including phenoxy) is 1. The quantitative estimate of drug-likeness (QED) is 0.641. The molecule has 1 aromatic heterocycles. The molecule has 0 amide bonds. The van der Waals surface area contributed by atoms with Crippen molar-refractivity contribution < 1.29 is 4.74 Å². The van der Waals surface area contributed by atoms with Gasteiger partial charge in [-0.15, -0.1) is 0 Å². The number of nitrogens with zero attached hydrogens (tertiary/aromatic N) is 2. The van der Waals surface area contributed by atoms with Gasteiger partial charge in [-0.2, -0.15) is 0 Å². The summed E-state index contributed by atoms with van der Waals surface area (Å²) < 4.78 is 5.82. The van der Waals surface area contributed by atoms with Crippen molar-refractivity contribution in [2.24, 2.45) is 5.84 Å². The Hall–Kier alpha value is -2.14. The van der Waals surface area contributed by atoms with E-state index in [2.05, 4.69) is 15.4 Å². The Morgan fingerprint density at radius 3 is 2.61 bits per heavy atom. The van der Waals surface area contributed by atoms with Gasteiger partial charge in [0.2, 0.25) is 5.88 Å². The fraction of sp³-hybridized carbons (Fsp3) is 0.231. The number of aromatic nitrogens is 2. The summed E-state index contributed by atoms with van der Waals surface area (Å²) in [5.74, 6) is 7.23. The van der Waals surface area contributed by atoms with Crippen molar-refractivity contribution in [1.82, 2.24) is 9.97 Å². The van der Waals surface area contributed by atoms with Gasteiger partial charge in [-0.3, -0.25) is 0 Å². The van der Waals surface area contributed by atoms with Gasteiger partial charge in [0, 0.05) is 0 Å². The van der Waals surface area contributed by atoms with Crippen LogP contribution in [0.1, 0.15) is 16.7 Å². The molecule has 0 aliphatic rings. The average Bonchev–Trinajstić information content (AvgIpc) is 2.37. The number of nitrogens with two attached hydrogens (primary N) is 1. The second-order valence-electron chi connectivity index (χ2n) is 4.10. The number of nitrogen functional groups attached to an aromatic ring is 1. The van der Waals surface area contributed by atoms with E-state index in [0.717, 1.165) is 16.9 Å². The molecule has 0 spiro atoms. The lowest BCUT2D eigenvalue weighted by atomic mass is 10.1. The van der Waals surface area contributed by atoms with E-state index in [-0.39, 0.29) is 0 Å². The van der Waals surface area contributed by atoms with Crippen LogP contribution >= 0.6 is 0 Å². The Morgan fingerprint density at radius 1 is 1.11 bits per heavy atom. The number of anilines is 1. The Kier molecular flexibility index (Phi) is 3.43. The number of hydrogen-bond acceptors (Lipinski definition) is 5. The van der Waals surface area contributed by atoms with Gasteiger partial charge in [0.1, 0.15) is 17.9 Å². The third-order valence-corrected chi connectivity index (χ3v) is 2.94. The molecule has 0 unspecified atom stereocenters. The Balaban J connectivity index is 2.37. The first-order valence-electron chi connectivity index (χ1n) is 5.65. The summed E-state index contributed by atoms with van der Waals surface area (Å²) in [4.78, 5) is 8.14. The molecule has 0 atom stereocenters. The second kappa shape index (κ2) is 5.01. The van der Waals surface area contributed by atoms with Crippen molar-refractivity contribution in [2.75, 3.05) is 5.43 Å². The normalized spacial score (nSPS) is 10.2. The van der Waals surface area contributed by atoms with E-state index in [9.17, 15) is 0 Å². The van der Waals surface area contributed by atoms with Crippen molar-refractivity contribution in [3.8, 4) is 11.6 Å². The van der Waals surface area contributed by atoms with Crippen LogP contribution in [0.15, 0.2) is 24.5 Å². The molecule has 2 rings (SSSR count). The molecule has 2 aromatic rings. The molecule has 0 aliphatic carbocycles. The van der Waals surface area contributed by atoms with Gasteiger partial charge in [-0.1, -0.05) is 12.1 Å². The van der Waals surface area contributed by atoms with Crippen molar-refractivity contribution >= 4 is 5.82 Å². The molecular weight excluding hydrogens is 228 g/mol. The van der Waals surface area contributed by atoms with Crippen molar-refractivity contribution in [2.45, 2.75) is 20.8 Å². The fourth-order valence-electron chi connectivity index (χ4n) is 1.62. The molecule has 0 saturated carbocycles. The first-order valence-corrected chi connectivity index (χ1v) is 5.65. The summed E-state index contributed by atoms with van der Waals surface area (Å²) >= 11 is 0. The van der Waals surface area contributed by atoms with Crippen LogP contribution in [-0.4, -0.2) is 9.97 Å². The van der Waals surface area contributed by atoms with Gasteiger partial charge in [-0.25, -0.2) is 15.8 Å². The van der Waals surface area contributed by atoms with Crippen LogP contribution in [0.5, 0.6) is 11.6 Å². The molecule has 3 N–H and O–H groups in total. The number of benzene rings is 1. The summed E-state index contributed by atoms with van der Waals surface area (Å²) in [5.41, 5.74) is 5.57. The molecule has 5 nitrogen and oxygen atoms in total. The van der Waals surface area contributed by atoms with Crippen LogP contribution in [0.3, 0.4) is 0 Å². The molecule has 18 heavy (non-hydrogen) atoms. The molecule has 1 aromatic carbocycles. The molecule has 94 valence electrons. The SMILES string of the molecule is Cc1cccc(Oc2ncnc(NN)c2C)c1C. The number of hydrogen-bond donors (Lipinski definition) is 2. The van der Waals surface area contributed by atoms with Gasteiger partial charge < -0.3 is 10.2 Å². The highest BCUT2D eigenvalue weighted by Gasteiger charge is 2.10.